The monoisotopic (exact) mass is 459 g/mol. The Balaban J connectivity index is 1.63. The lowest BCUT2D eigenvalue weighted by molar-refractivity contribution is -0.113. The Bertz CT molecular complexity index is 1150. The van der Waals surface area contributed by atoms with Gasteiger partial charge in [0.2, 0.25) is 0 Å². The molecule has 1 aromatic heterocycles. The molecular weight excluding hydrogens is 445 g/mol. The van der Waals surface area contributed by atoms with Crippen LogP contribution in [0.3, 0.4) is 0 Å². The maximum Gasteiger partial charge on any atom is 0.270 e. The van der Waals surface area contributed by atoms with Crippen LogP contribution in [-0.4, -0.2) is 10.2 Å². The highest BCUT2D eigenvalue weighted by Gasteiger charge is 2.34. The zero-order valence-corrected chi connectivity index (χ0v) is 18.5. The molecule has 29 heavy (non-hydrogen) atoms. The molecular formula is C22H15Cl2NO2S2. The highest BCUT2D eigenvalue weighted by Crippen LogP contribution is 2.38. The van der Waals surface area contributed by atoms with Crippen LogP contribution in [0.5, 0.6) is 0 Å². The SMILES string of the molecule is CCc1ccccc1N1C(=O)C(=Cc2ccc(-c3ccc(Cl)c(Cl)c3)o2)SC1=S. The fourth-order valence-corrected chi connectivity index (χ4v) is 4.63. The number of halogens is 2. The van der Waals surface area contributed by atoms with Gasteiger partial charge in [-0.05, 0) is 48.4 Å². The van der Waals surface area contributed by atoms with Crippen molar-refractivity contribution in [3.63, 3.8) is 0 Å². The lowest BCUT2D eigenvalue weighted by atomic mass is 10.1. The van der Waals surface area contributed by atoms with E-state index in [0.29, 0.717) is 30.8 Å². The van der Waals surface area contributed by atoms with Crippen molar-refractivity contribution in [2.75, 3.05) is 4.90 Å². The van der Waals surface area contributed by atoms with E-state index in [0.717, 1.165) is 23.2 Å². The van der Waals surface area contributed by atoms with Gasteiger partial charge in [0.25, 0.3) is 5.91 Å². The van der Waals surface area contributed by atoms with Crippen LogP contribution in [0.4, 0.5) is 5.69 Å². The molecule has 0 N–H and O–H groups in total. The number of rotatable bonds is 4. The molecule has 2 aromatic carbocycles. The van der Waals surface area contributed by atoms with Gasteiger partial charge in [0.1, 0.15) is 11.5 Å². The number of anilines is 1. The molecule has 3 nitrogen and oxygen atoms in total. The maximum absolute atomic E-state index is 13.0. The van der Waals surface area contributed by atoms with Crippen molar-refractivity contribution >= 4 is 69.2 Å². The number of thiocarbonyl (C=S) groups is 1. The summed E-state index contributed by atoms with van der Waals surface area (Å²) in [5.74, 6) is 1.06. The molecule has 4 rings (SSSR count). The zero-order chi connectivity index (χ0) is 20.5. The molecule has 0 aliphatic carbocycles. The van der Waals surface area contributed by atoms with E-state index >= 15 is 0 Å². The smallest absolute Gasteiger partial charge is 0.270 e. The van der Waals surface area contributed by atoms with Gasteiger partial charge < -0.3 is 4.42 Å². The van der Waals surface area contributed by atoms with Gasteiger partial charge in [0.15, 0.2) is 4.32 Å². The summed E-state index contributed by atoms with van der Waals surface area (Å²) in [4.78, 5) is 15.1. The summed E-state index contributed by atoms with van der Waals surface area (Å²) < 4.78 is 6.40. The van der Waals surface area contributed by atoms with Crippen LogP contribution in [0.15, 0.2) is 63.9 Å². The molecule has 1 aliphatic heterocycles. The van der Waals surface area contributed by atoms with E-state index in [1.165, 1.54) is 11.8 Å². The average molecular weight is 460 g/mol. The van der Waals surface area contributed by atoms with Gasteiger partial charge >= 0.3 is 0 Å². The number of para-hydroxylation sites is 1. The zero-order valence-electron chi connectivity index (χ0n) is 15.3. The summed E-state index contributed by atoms with van der Waals surface area (Å²) in [5, 5.41) is 0.941. The first-order valence-corrected chi connectivity index (χ1v) is 10.9. The number of hydrogen-bond acceptors (Lipinski definition) is 4. The van der Waals surface area contributed by atoms with Crippen molar-refractivity contribution in [2.45, 2.75) is 13.3 Å². The number of hydrogen-bond donors (Lipinski definition) is 0. The van der Waals surface area contributed by atoms with E-state index in [2.05, 4.69) is 6.92 Å². The molecule has 1 amide bonds. The van der Waals surface area contributed by atoms with E-state index < -0.39 is 0 Å². The van der Waals surface area contributed by atoms with Gasteiger partial charge in [-0.15, -0.1) is 0 Å². The number of nitrogens with zero attached hydrogens (tertiary/aromatic N) is 1. The predicted molar refractivity (Wildman–Crippen MR) is 126 cm³/mol. The Morgan fingerprint density at radius 2 is 1.90 bits per heavy atom. The number of benzene rings is 2. The van der Waals surface area contributed by atoms with Crippen molar-refractivity contribution in [2.24, 2.45) is 0 Å². The number of aryl methyl sites for hydroxylation is 1. The van der Waals surface area contributed by atoms with E-state index in [4.69, 9.17) is 39.8 Å². The summed E-state index contributed by atoms with van der Waals surface area (Å²) in [6.45, 7) is 2.06. The number of amides is 1. The van der Waals surface area contributed by atoms with E-state index in [9.17, 15) is 4.79 Å². The Labute approximate surface area is 188 Å². The fraction of sp³-hybridized carbons (Fsp3) is 0.0909. The van der Waals surface area contributed by atoms with Crippen molar-refractivity contribution in [1.29, 1.82) is 0 Å². The Kier molecular flexibility index (Phi) is 5.83. The van der Waals surface area contributed by atoms with Gasteiger partial charge in [0.05, 0.1) is 20.6 Å². The van der Waals surface area contributed by atoms with Crippen LogP contribution in [0, 0.1) is 0 Å². The highest BCUT2D eigenvalue weighted by molar-refractivity contribution is 8.27. The van der Waals surface area contributed by atoms with E-state index in [1.54, 1.807) is 23.1 Å². The summed E-state index contributed by atoms with van der Waals surface area (Å²) >= 11 is 18.8. The van der Waals surface area contributed by atoms with Crippen molar-refractivity contribution in [3.05, 3.63) is 80.9 Å². The summed E-state index contributed by atoms with van der Waals surface area (Å²) in [7, 11) is 0. The molecule has 0 unspecified atom stereocenters. The van der Waals surface area contributed by atoms with Gasteiger partial charge in [-0.3, -0.25) is 9.69 Å². The predicted octanol–water partition coefficient (Wildman–Crippen LogP) is 7.22. The van der Waals surface area contributed by atoms with Crippen LogP contribution in [0.25, 0.3) is 17.4 Å². The van der Waals surface area contributed by atoms with Gasteiger partial charge in [-0.25, -0.2) is 0 Å². The van der Waals surface area contributed by atoms with Crippen LogP contribution in [0.1, 0.15) is 18.2 Å². The summed E-state index contributed by atoms with van der Waals surface area (Å²) in [5.41, 5.74) is 2.71. The average Bonchev–Trinajstić information content (AvgIpc) is 3.29. The molecule has 7 heteroatoms. The molecule has 0 bridgehead atoms. The minimum absolute atomic E-state index is 0.145. The quantitative estimate of drug-likeness (QED) is 0.304. The topological polar surface area (TPSA) is 33.5 Å². The second-order valence-corrected chi connectivity index (χ2v) is 8.82. The van der Waals surface area contributed by atoms with Crippen molar-refractivity contribution < 1.29 is 9.21 Å². The van der Waals surface area contributed by atoms with Gasteiger partial charge in [-0.2, -0.15) is 0 Å². The molecule has 1 aliphatic rings. The van der Waals surface area contributed by atoms with E-state index in [-0.39, 0.29) is 5.91 Å². The lowest BCUT2D eigenvalue weighted by Gasteiger charge is -2.17. The number of furan rings is 1. The third-order valence-corrected chi connectivity index (χ3v) is 6.55. The molecule has 0 radical (unpaired) electrons. The Morgan fingerprint density at radius 3 is 2.66 bits per heavy atom. The third kappa shape index (κ3) is 4.01. The van der Waals surface area contributed by atoms with E-state index in [1.807, 2.05) is 42.5 Å². The van der Waals surface area contributed by atoms with Crippen LogP contribution in [-0.2, 0) is 11.2 Å². The standard InChI is InChI=1S/C22H15Cl2NO2S2/c1-2-13-5-3-4-6-18(13)25-21(26)20(29-22(25)28)12-15-8-10-19(27-15)14-7-9-16(23)17(24)11-14/h3-12H,2H2,1H3. The first-order chi connectivity index (χ1) is 14.0. The Hall–Kier alpha value is -2.05. The lowest BCUT2D eigenvalue weighted by Crippen LogP contribution is -2.28. The Morgan fingerprint density at radius 1 is 1.10 bits per heavy atom. The summed E-state index contributed by atoms with van der Waals surface area (Å²) in [6, 6.07) is 16.7. The summed E-state index contributed by atoms with van der Waals surface area (Å²) in [6.07, 6.45) is 2.53. The number of thioether (sulfide) groups is 1. The second kappa shape index (κ2) is 8.36. The van der Waals surface area contributed by atoms with Crippen molar-refractivity contribution in [3.8, 4) is 11.3 Å². The van der Waals surface area contributed by atoms with Gasteiger partial charge in [-0.1, -0.05) is 72.3 Å². The number of carbonyl (C=O) groups is 1. The van der Waals surface area contributed by atoms with Gasteiger partial charge in [0, 0.05) is 11.6 Å². The number of carbonyl (C=O) groups excluding carboxylic acids is 1. The van der Waals surface area contributed by atoms with Crippen LogP contribution < -0.4 is 4.90 Å². The van der Waals surface area contributed by atoms with Crippen LogP contribution >= 0.6 is 47.2 Å². The minimum atomic E-state index is -0.145. The highest BCUT2D eigenvalue weighted by atomic mass is 35.5. The van der Waals surface area contributed by atoms with Crippen molar-refractivity contribution in [1.82, 2.24) is 0 Å². The molecule has 1 fully saturated rings. The second-order valence-electron chi connectivity index (χ2n) is 6.33. The minimum Gasteiger partial charge on any atom is -0.457 e. The maximum atomic E-state index is 13.0. The largest absolute Gasteiger partial charge is 0.457 e. The van der Waals surface area contributed by atoms with Crippen LogP contribution in [0.2, 0.25) is 10.0 Å². The normalized spacial score (nSPS) is 15.6. The first kappa shape index (κ1) is 20.2. The molecule has 0 saturated carbocycles. The third-order valence-electron chi connectivity index (χ3n) is 4.51. The first-order valence-electron chi connectivity index (χ1n) is 8.89. The fourth-order valence-electron chi connectivity index (χ4n) is 3.07. The molecule has 0 atom stereocenters. The molecule has 3 aromatic rings. The molecule has 1 saturated heterocycles. The molecule has 2 heterocycles. The molecule has 0 spiro atoms. The molecule has 146 valence electrons.